The van der Waals surface area contributed by atoms with E-state index in [4.69, 9.17) is 5.73 Å². The van der Waals surface area contributed by atoms with Gasteiger partial charge >= 0.3 is 0 Å². The summed E-state index contributed by atoms with van der Waals surface area (Å²) in [5.41, 5.74) is 5.41. The first-order valence-electron chi connectivity index (χ1n) is 8.36. The minimum atomic E-state index is -3.58. The summed E-state index contributed by atoms with van der Waals surface area (Å²) >= 11 is 1.25. The van der Waals surface area contributed by atoms with Gasteiger partial charge in [0.05, 0.1) is 0 Å². The monoisotopic (exact) mass is 409 g/mol. The second kappa shape index (κ2) is 9.32. The summed E-state index contributed by atoms with van der Waals surface area (Å²) in [6.07, 6.45) is 4.52. The van der Waals surface area contributed by atoms with E-state index in [2.05, 4.69) is 17.0 Å². The molecule has 4 N–H and O–H groups in total. The third kappa shape index (κ3) is 5.65. The van der Waals surface area contributed by atoms with Gasteiger partial charge in [-0.3, -0.25) is 4.79 Å². The fraction of sp³-hybridized carbons (Fsp3) is 0.688. The summed E-state index contributed by atoms with van der Waals surface area (Å²) in [6, 6.07) is 3.44. The Kier molecular flexibility index (Phi) is 8.34. The smallest absolute Gasteiger partial charge is 0.250 e. The number of amides is 1. The minimum Gasteiger partial charge on any atom is -0.356 e. The summed E-state index contributed by atoms with van der Waals surface area (Å²) in [5.74, 6) is 0.141. The van der Waals surface area contributed by atoms with Crippen molar-refractivity contribution in [3.8, 4) is 0 Å². The van der Waals surface area contributed by atoms with Gasteiger partial charge in [0.2, 0.25) is 5.91 Å². The molecule has 144 valence electrons. The molecule has 0 radical (unpaired) electrons. The number of rotatable bonds is 7. The van der Waals surface area contributed by atoms with E-state index in [1.165, 1.54) is 18.3 Å². The molecule has 1 fully saturated rings. The Morgan fingerprint density at radius 3 is 2.72 bits per heavy atom. The van der Waals surface area contributed by atoms with Crippen LogP contribution in [0.5, 0.6) is 0 Å². The molecule has 1 aromatic heterocycles. The number of carbonyl (C=O) groups is 1. The highest BCUT2D eigenvalue weighted by atomic mass is 35.5. The van der Waals surface area contributed by atoms with Crippen LogP contribution >= 0.6 is 23.7 Å². The molecule has 1 aliphatic rings. The molecule has 1 heterocycles. The summed E-state index contributed by atoms with van der Waals surface area (Å²) in [4.78, 5) is 11.8. The van der Waals surface area contributed by atoms with Gasteiger partial charge in [-0.05, 0) is 37.3 Å². The lowest BCUT2D eigenvalue weighted by Gasteiger charge is -2.42. The molecule has 2 atom stereocenters. The zero-order chi connectivity index (χ0) is 17.8. The van der Waals surface area contributed by atoms with Crippen LogP contribution in [0.1, 0.15) is 44.4 Å². The third-order valence-corrected chi connectivity index (χ3v) is 7.99. The van der Waals surface area contributed by atoms with E-state index in [1.807, 2.05) is 0 Å². The van der Waals surface area contributed by atoms with Gasteiger partial charge in [-0.15, -0.1) is 23.7 Å². The second-order valence-corrected chi connectivity index (χ2v) is 9.64. The van der Waals surface area contributed by atoms with Gasteiger partial charge in [0.1, 0.15) is 4.21 Å². The van der Waals surface area contributed by atoms with Crippen LogP contribution < -0.4 is 15.8 Å². The number of sulfonamides is 1. The third-order valence-electron chi connectivity index (χ3n) is 4.80. The molecule has 0 aliphatic heterocycles. The molecule has 2 rings (SSSR count). The van der Waals surface area contributed by atoms with E-state index in [1.54, 1.807) is 12.1 Å². The van der Waals surface area contributed by atoms with E-state index < -0.39 is 15.6 Å². The van der Waals surface area contributed by atoms with E-state index in [-0.39, 0.29) is 24.2 Å². The summed E-state index contributed by atoms with van der Waals surface area (Å²) in [6.45, 7) is 4.36. The Balaban J connectivity index is 0.00000312. The number of thiophene rings is 1. The lowest BCUT2D eigenvalue weighted by molar-refractivity contribution is -0.118. The van der Waals surface area contributed by atoms with Crippen LogP contribution in [0.4, 0.5) is 0 Å². The van der Waals surface area contributed by atoms with E-state index >= 15 is 0 Å². The number of halogens is 1. The van der Waals surface area contributed by atoms with E-state index in [9.17, 15) is 13.2 Å². The number of hydrogen-bond donors (Lipinski definition) is 3. The molecule has 1 amide bonds. The molecule has 25 heavy (non-hydrogen) atoms. The van der Waals surface area contributed by atoms with E-state index in [0.717, 1.165) is 30.6 Å². The topological polar surface area (TPSA) is 101 Å². The largest absolute Gasteiger partial charge is 0.356 e. The van der Waals surface area contributed by atoms with Gasteiger partial charge in [-0.25, -0.2) is 13.1 Å². The zero-order valence-corrected chi connectivity index (χ0v) is 17.2. The van der Waals surface area contributed by atoms with E-state index in [0.29, 0.717) is 23.7 Å². The molecule has 0 spiro atoms. The normalized spacial score (nSPS) is 23.7. The minimum absolute atomic E-state index is 0. The van der Waals surface area contributed by atoms with Gasteiger partial charge in [0, 0.05) is 30.4 Å². The van der Waals surface area contributed by atoms with Crippen molar-refractivity contribution in [1.82, 2.24) is 10.0 Å². The molecule has 0 aromatic carbocycles. The highest BCUT2D eigenvalue weighted by Gasteiger charge is 2.40. The molecular formula is C16H28ClN3O3S2. The molecule has 0 saturated heterocycles. The first-order chi connectivity index (χ1) is 11.3. The summed E-state index contributed by atoms with van der Waals surface area (Å²) in [5, 5.41) is 2.71. The maximum absolute atomic E-state index is 12.8. The Morgan fingerprint density at radius 1 is 1.40 bits per heavy atom. The molecule has 9 heteroatoms. The maximum atomic E-state index is 12.8. The summed E-state index contributed by atoms with van der Waals surface area (Å²) in [7, 11) is -3.58. The molecule has 2 unspecified atom stereocenters. The van der Waals surface area contributed by atoms with Crippen LogP contribution in [0, 0.1) is 5.92 Å². The highest BCUT2D eigenvalue weighted by Crippen LogP contribution is 2.35. The lowest BCUT2D eigenvalue weighted by atomic mass is 9.74. The molecule has 0 bridgehead atoms. The summed E-state index contributed by atoms with van der Waals surface area (Å²) < 4.78 is 28.8. The molecular weight excluding hydrogens is 382 g/mol. The Bertz CT molecular complexity index is 678. The first kappa shape index (κ1) is 22.4. The molecule has 1 aromatic rings. The van der Waals surface area contributed by atoms with Crippen LogP contribution in [-0.2, 0) is 21.2 Å². The van der Waals surface area contributed by atoms with Gasteiger partial charge in [0.15, 0.2) is 0 Å². The average Bonchev–Trinajstić information content (AvgIpc) is 2.99. The highest BCUT2D eigenvalue weighted by molar-refractivity contribution is 7.91. The first-order valence-corrected chi connectivity index (χ1v) is 10.7. The number of nitrogens with one attached hydrogen (secondary N) is 2. The van der Waals surface area contributed by atoms with Crippen molar-refractivity contribution in [2.45, 2.75) is 55.7 Å². The fourth-order valence-corrected chi connectivity index (χ4v) is 6.12. The average molecular weight is 410 g/mol. The van der Waals surface area contributed by atoms with Crippen LogP contribution in [0.3, 0.4) is 0 Å². The van der Waals surface area contributed by atoms with Crippen molar-refractivity contribution < 1.29 is 13.2 Å². The van der Waals surface area contributed by atoms with Crippen molar-refractivity contribution in [3.05, 3.63) is 17.0 Å². The van der Waals surface area contributed by atoms with Crippen molar-refractivity contribution in [1.29, 1.82) is 0 Å². The standard InChI is InChI=1S/C16H27N3O3S2.ClH/c1-12-5-3-4-9-16(12,11-17)19-24(21,22)15-7-6-14(23-15)8-10-18-13(2)20;/h6-7,12,19H,3-5,8-11,17H2,1-2H3,(H,18,20);1H. The Hall–Kier alpha value is -0.670. The molecule has 1 saturated carbocycles. The fourth-order valence-electron chi connectivity index (χ4n) is 3.23. The SMILES string of the molecule is CC(=O)NCCc1ccc(S(=O)(=O)NC2(CN)CCCCC2C)s1.Cl. The zero-order valence-electron chi connectivity index (χ0n) is 14.7. The number of nitrogens with two attached hydrogens (primary N) is 1. The molecule has 6 nitrogen and oxygen atoms in total. The lowest BCUT2D eigenvalue weighted by Crippen LogP contribution is -2.58. The maximum Gasteiger partial charge on any atom is 0.250 e. The van der Waals surface area contributed by atoms with Gasteiger partial charge in [-0.2, -0.15) is 0 Å². The van der Waals surface area contributed by atoms with Crippen molar-refractivity contribution >= 4 is 39.7 Å². The number of carbonyl (C=O) groups excluding carboxylic acids is 1. The van der Waals surface area contributed by atoms with Crippen LogP contribution in [0.2, 0.25) is 0 Å². The predicted octanol–water partition coefficient (Wildman–Crippen LogP) is 2.03. The number of hydrogen-bond acceptors (Lipinski definition) is 5. The Labute approximate surface area is 160 Å². The van der Waals surface area contributed by atoms with Crippen LogP contribution in [0.15, 0.2) is 16.3 Å². The van der Waals surface area contributed by atoms with Crippen LogP contribution in [-0.4, -0.2) is 33.0 Å². The molecule has 1 aliphatic carbocycles. The Morgan fingerprint density at radius 2 is 2.12 bits per heavy atom. The quantitative estimate of drug-likeness (QED) is 0.641. The van der Waals surface area contributed by atoms with Crippen molar-refractivity contribution in [3.63, 3.8) is 0 Å². The van der Waals surface area contributed by atoms with Crippen molar-refractivity contribution in [2.75, 3.05) is 13.1 Å². The second-order valence-electron chi connectivity index (χ2n) is 6.57. The van der Waals surface area contributed by atoms with Gasteiger partial charge < -0.3 is 11.1 Å². The van der Waals surface area contributed by atoms with Crippen molar-refractivity contribution in [2.24, 2.45) is 11.7 Å². The van der Waals surface area contributed by atoms with Crippen LogP contribution in [0.25, 0.3) is 0 Å². The van der Waals surface area contributed by atoms with Gasteiger partial charge in [-0.1, -0.05) is 19.8 Å². The van der Waals surface area contributed by atoms with Gasteiger partial charge in [0.25, 0.3) is 10.0 Å². The predicted molar refractivity (Wildman–Crippen MR) is 104 cm³/mol.